The predicted molar refractivity (Wildman–Crippen MR) is 88.9 cm³/mol. The fourth-order valence-corrected chi connectivity index (χ4v) is 2.42. The molecular formula is C18H24N2O. The van der Waals surface area contributed by atoms with Crippen LogP contribution in [-0.2, 0) is 6.54 Å². The first-order valence-corrected chi connectivity index (χ1v) is 7.21. The highest BCUT2D eigenvalue weighted by Gasteiger charge is 2.10. The number of nitrogens with two attached hydrogens (primary N) is 1. The van der Waals surface area contributed by atoms with Gasteiger partial charge in [-0.2, -0.15) is 0 Å². The smallest absolute Gasteiger partial charge is 0.123 e. The molecule has 0 saturated heterocycles. The molecule has 0 aromatic heterocycles. The second-order valence-electron chi connectivity index (χ2n) is 5.56. The quantitative estimate of drug-likeness (QED) is 0.910. The van der Waals surface area contributed by atoms with Crippen LogP contribution in [0.5, 0.6) is 5.75 Å². The summed E-state index contributed by atoms with van der Waals surface area (Å²) in [6.07, 6.45) is 0. The molecule has 3 heteroatoms. The summed E-state index contributed by atoms with van der Waals surface area (Å²) in [6, 6.07) is 14.7. The highest BCUT2D eigenvalue weighted by molar-refractivity contribution is 5.50. The summed E-state index contributed by atoms with van der Waals surface area (Å²) in [5.41, 5.74) is 10.7. The first-order valence-electron chi connectivity index (χ1n) is 7.21. The maximum atomic E-state index is 5.98. The Morgan fingerprint density at radius 1 is 1.19 bits per heavy atom. The van der Waals surface area contributed by atoms with Crippen molar-refractivity contribution >= 4 is 5.69 Å². The lowest BCUT2D eigenvalue weighted by Crippen LogP contribution is -2.17. The van der Waals surface area contributed by atoms with Crippen LogP contribution in [0, 0.1) is 6.92 Å². The highest BCUT2D eigenvalue weighted by atomic mass is 16.5. The first kappa shape index (κ1) is 15.4. The normalized spacial score (nSPS) is 12.0. The number of anilines is 1. The monoisotopic (exact) mass is 284 g/mol. The Balaban J connectivity index is 2.27. The number of methoxy groups -OCH3 is 1. The van der Waals surface area contributed by atoms with Crippen LogP contribution in [0.15, 0.2) is 42.5 Å². The standard InChI is InChI=1S/C18H24N2O/c1-13-6-5-7-17(10-13)20(3)12-16-11-15(14(2)19)8-9-18(16)21-4/h5-11,14H,12,19H2,1-4H3. The average Bonchev–Trinajstić information content (AvgIpc) is 2.47. The zero-order valence-corrected chi connectivity index (χ0v) is 13.3. The summed E-state index contributed by atoms with van der Waals surface area (Å²) >= 11 is 0. The molecule has 0 aliphatic carbocycles. The van der Waals surface area contributed by atoms with E-state index in [0.29, 0.717) is 0 Å². The molecule has 2 aromatic rings. The topological polar surface area (TPSA) is 38.5 Å². The Kier molecular flexibility index (Phi) is 4.86. The van der Waals surface area contributed by atoms with Crippen molar-refractivity contribution in [1.82, 2.24) is 0 Å². The molecule has 1 atom stereocenters. The summed E-state index contributed by atoms with van der Waals surface area (Å²) in [7, 11) is 3.80. The van der Waals surface area contributed by atoms with Gasteiger partial charge in [0.2, 0.25) is 0 Å². The lowest BCUT2D eigenvalue weighted by Gasteiger charge is -2.22. The van der Waals surface area contributed by atoms with Gasteiger partial charge in [-0.3, -0.25) is 0 Å². The maximum Gasteiger partial charge on any atom is 0.123 e. The van der Waals surface area contributed by atoms with Crippen LogP contribution in [0.4, 0.5) is 5.69 Å². The van der Waals surface area contributed by atoms with E-state index in [-0.39, 0.29) is 6.04 Å². The fourth-order valence-electron chi connectivity index (χ4n) is 2.42. The minimum absolute atomic E-state index is 0.0268. The van der Waals surface area contributed by atoms with Crippen molar-refractivity contribution in [1.29, 1.82) is 0 Å². The molecule has 3 nitrogen and oxygen atoms in total. The molecule has 0 amide bonds. The molecule has 2 rings (SSSR count). The van der Waals surface area contributed by atoms with E-state index in [0.717, 1.165) is 23.4 Å². The number of nitrogens with zero attached hydrogens (tertiary/aromatic N) is 1. The molecule has 0 spiro atoms. The zero-order valence-electron chi connectivity index (χ0n) is 13.3. The Hall–Kier alpha value is -2.00. The van der Waals surface area contributed by atoms with Gasteiger partial charge in [-0.15, -0.1) is 0 Å². The Labute approximate surface area is 127 Å². The molecule has 2 N–H and O–H groups in total. The number of rotatable bonds is 5. The highest BCUT2D eigenvalue weighted by Crippen LogP contribution is 2.25. The molecule has 0 fully saturated rings. The van der Waals surface area contributed by atoms with Gasteiger partial charge < -0.3 is 15.4 Å². The number of benzene rings is 2. The number of hydrogen-bond acceptors (Lipinski definition) is 3. The second kappa shape index (κ2) is 6.64. The van der Waals surface area contributed by atoms with E-state index in [4.69, 9.17) is 10.5 Å². The van der Waals surface area contributed by atoms with Crippen molar-refractivity contribution in [2.75, 3.05) is 19.1 Å². The molecule has 0 radical (unpaired) electrons. The second-order valence-corrected chi connectivity index (χ2v) is 5.56. The van der Waals surface area contributed by atoms with Gasteiger partial charge >= 0.3 is 0 Å². The number of hydrogen-bond donors (Lipinski definition) is 1. The van der Waals surface area contributed by atoms with Gasteiger partial charge in [-0.1, -0.05) is 18.2 Å². The van der Waals surface area contributed by atoms with Crippen LogP contribution in [0.2, 0.25) is 0 Å². The van der Waals surface area contributed by atoms with Gasteiger partial charge in [0.1, 0.15) is 5.75 Å². The third-order valence-corrected chi connectivity index (χ3v) is 3.68. The van der Waals surface area contributed by atoms with E-state index < -0.39 is 0 Å². The molecule has 1 unspecified atom stereocenters. The van der Waals surface area contributed by atoms with Crippen LogP contribution >= 0.6 is 0 Å². The van der Waals surface area contributed by atoms with Crippen molar-refractivity contribution in [2.45, 2.75) is 26.4 Å². The Morgan fingerprint density at radius 2 is 1.95 bits per heavy atom. The molecule has 112 valence electrons. The fraction of sp³-hybridized carbons (Fsp3) is 0.333. The van der Waals surface area contributed by atoms with Gasteiger partial charge in [0.25, 0.3) is 0 Å². The summed E-state index contributed by atoms with van der Waals surface area (Å²) in [6.45, 7) is 4.89. The molecule has 0 aliphatic rings. The maximum absolute atomic E-state index is 5.98. The predicted octanol–water partition coefficient (Wildman–Crippen LogP) is 3.66. The van der Waals surface area contributed by atoms with Crippen LogP contribution in [0.25, 0.3) is 0 Å². The number of ether oxygens (including phenoxy) is 1. The van der Waals surface area contributed by atoms with E-state index in [9.17, 15) is 0 Å². The summed E-state index contributed by atoms with van der Waals surface area (Å²) in [5, 5.41) is 0. The van der Waals surface area contributed by atoms with Gasteiger partial charge in [-0.25, -0.2) is 0 Å². The Bertz CT molecular complexity index is 608. The van der Waals surface area contributed by atoms with Crippen LogP contribution in [0.3, 0.4) is 0 Å². The van der Waals surface area contributed by atoms with Gasteiger partial charge in [0, 0.05) is 30.9 Å². The van der Waals surface area contributed by atoms with Crippen molar-refractivity contribution in [2.24, 2.45) is 5.73 Å². The summed E-state index contributed by atoms with van der Waals surface area (Å²) in [4.78, 5) is 2.22. The van der Waals surface area contributed by atoms with E-state index in [1.165, 1.54) is 11.3 Å². The largest absolute Gasteiger partial charge is 0.496 e. The number of aryl methyl sites for hydroxylation is 1. The molecular weight excluding hydrogens is 260 g/mol. The average molecular weight is 284 g/mol. The van der Waals surface area contributed by atoms with Crippen molar-refractivity contribution in [3.8, 4) is 5.75 Å². The zero-order chi connectivity index (χ0) is 15.4. The first-order chi connectivity index (χ1) is 10.0. The lowest BCUT2D eigenvalue weighted by atomic mass is 10.0. The van der Waals surface area contributed by atoms with Gasteiger partial charge in [-0.05, 0) is 49.2 Å². The molecule has 0 saturated carbocycles. The summed E-state index contributed by atoms with van der Waals surface area (Å²) in [5.74, 6) is 0.902. The van der Waals surface area contributed by atoms with Crippen molar-refractivity contribution in [3.63, 3.8) is 0 Å². The molecule has 2 aromatic carbocycles. The molecule has 0 aliphatic heterocycles. The SMILES string of the molecule is COc1ccc(C(C)N)cc1CN(C)c1cccc(C)c1. The van der Waals surface area contributed by atoms with Gasteiger partial charge in [0.15, 0.2) is 0 Å². The Morgan fingerprint density at radius 3 is 2.57 bits per heavy atom. The van der Waals surface area contributed by atoms with E-state index in [2.05, 4.69) is 49.2 Å². The van der Waals surface area contributed by atoms with E-state index in [1.807, 2.05) is 19.1 Å². The molecule has 21 heavy (non-hydrogen) atoms. The van der Waals surface area contributed by atoms with Crippen molar-refractivity contribution < 1.29 is 4.74 Å². The molecule has 0 heterocycles. The van der Waals surface area contributed by atoms with Crippen molar-refractivity contribution in [3.05, 3.63) is 59.2 Å². The minimum Gasteiger partial charge on any atom is -0.496 e. The van der Waals surface area contributed by atoms with E-state index >= 15 is 0 Å². The summed E-state index contributed by atoms with van der Waals surface area (Å²) < 4.78 is 5.47. The minimum atomic E-state index is 0.0268. The van der Waals surface area contributed by atoms with Gasteiger partial charge in [0.05, 0.1) is 7.11 Å². The third-order valence-electron chi connectivity index (χ3n) is 3.68. The molecule has 0 bridgehead atoms. The third kappa shape index (κ3) is 3.76. The van der Waals surface area contributed by atoms with Crippen LogP contribution in [0.1, 0.15) is 29.7 Å². The van der Waals surface area contributed by atoms with E-state index in [1.54, 1.807) is 7.11 Å². The lowest BCUT2D eigenvalue weighted by molar-refractivity contribution is 0.409. The van der Waals surface area contributed by atoms with Crippen LogP contribution in [-0.4, -0.2) is 14.2 Å². The van der Waals surface area contributed by atoms with Crippen LogP contribution < -0.4 is 15.4 Å².